The summed E-state index contributed by atoms with van der Waals surface area (Å²) in [5.74, 6) is -1.29. The quantitative estimate of drug-likeness (QED) is 0.375. The van der Waals surface area contributed by atoms with Crippen LogP contribution in [0.15, 0.2) is 58.1 Å². The van der Waals surface area contributed by atoms with E-state index in [4.69, 9.17) is 9.47 Å². The SMILES string of the molecule is CCOc1ccc(CN2C(=O)c3ccccc3C2=O)cc1C(=O)OCc1cc(=O)n(C)c(=O)n1C. The van der Waals surface area contributed by atoms with Gasteiger partial charge in [0.05, 0.1) is 30.0 Å². The van der Waals surface area contributed by atoms with Gasteiger partial charge in [0, 0.05) is 20.2 Å². The first-order valence-corrected chi connectivity index (χ1v) is 10.9. The molecule has 0 saturated carbocycles. The first-order chi connectivity index (χ1) is 16.7. The number of hydrogen-bond donors (Lipinski definition) is 0. The summed E-state index contributed by atoms with van der Waals surface area (Å²) in [5.41, 5.74) is 0.459. The third kappa shape index (κ3) is 4.37. The van der Waals surface area contributed by atoms with Crippen LogP contribution in [0, 0.1) is 0 Å². The minimum absolute atomic E-state index is 0.0394. The van der Waals surface area contributed by atoms with Crippen LogP contribution in [0.5, 0.6) is 5.75 Å². The number of amides is 2. The average molecular weight is 477 g/mol. The van der Waals surface area contributed by atoms with Crippen molar-refractivity contribution >= 4 is 17.8 Å². The Hall–Kier alpha value is -4.47. The minimum atomic E-state index is -0.745. The summed E-state index contributed by atoms with van der Waals surface area (Å²) in [7, 11) is 2.83. The molecule has 0 unspecified atom stereocenters. The van der Waals surface area contributed by atoms with Gasteiger partial charge < -0.3 is 9.47 Å². The molecule has 35 heavy (non-hydrogen) atoms. The lowest BCUT2D eigenvalue weighted by Gasteiger charge is -2.16. The number of carbonyl (C=O) groups is 3. The molecule has 0 saturated heterocycles. The second-order valence-corrected chi connectivity index (χ2v) is 7.96. The van der Waals surface area contributed by atoms with Gasteiger partial charge in [0.15, 0.2) is 0 Å². The van der Waals surface area contributed by atoms with Crippen molar-refractivity contribution in [3.8, 4) is 5.75 Å². The molecule has 0 fully saturated rings. The number of hydrogen-bond acceptors (Lipinski definition) is 7. The molecular formula is C25H23N3O7. The van der Waals surface area contributed by atoms with Crippen LogP contribution >= 0.6 is 0 Å². The summed E-state index contributed by atoms with van der Waals surface area (Å²) in [6, 6.07) is 12.5. The predicted molar refractivity (Wildman–Crippen MR) is 124 cm³/mol. The molecule has 0 bridgehead atoms. The Balaban J connectivity index is 1.58. The Morgan fingerprint density at radius 2 is 1.54 bits per heavy atom. The van der Waals surface area contributed by atoms with Crippen LogP contribution in [0.1, 0.15) is 49.3 Å². The Morgan fingerprint density at radius 1 is 0.886 bits per heavy atom. The van der Waals surface area contributed by atoms with Crippen molar-refractivity contribution in [2.45, 2.75) is 20.1 Å². The summed E-state index contributed by atoms with van der Waals surface area (Å²) in [5, 5.41) is 0. The lowest BCUT2D eigenvalue weighted by atomic mass is 10.1. The van der Waals surface area contributed by atoms with Gasteiger partial charge in [-0.2, -0.15) is 0 Å². The third-order valence-electron chi connectivity index (χ3n) is 5.76. The van der Waals surface area contributed by atoms with Gasteiger partial charge >= 0.3 is 11.7 Å². The number of carbonyl (C=O) groups excluding carboxylic acids is 3. The second kappa shape index (κ2) is 9.41. The number of rotatable bonds is 7. The van der Waals surface area contributed by atoms with Crippen LogP contribution in [0.25, 0.3) is 0 Å². The number of ether oxygens (including phenoxy) is 2. The molecule has 0 atom stereocenters. The van der Waals surface area contributed by atoms with Crippen molar-refractivity contribution in [3.63, 3.8) is 0 Å². The van der Waals surface area contributed by atoms with Crippen molar-refractivity contribution in [2.24, 2.45) is 14.1 Å². The van der Waals surface area contributed by atoms with Gasteiger partial charge in [0.1, 0.15) is 17.9 Å². The van der Waals surface area contributed by atoms with Gasteiger partial charge in [-0.15, -0.1) is 0 Å². The maximum absolute atomic E-state index is 12.9. The fourth-order valence-corrected chi connectivity index (χ4v) is 3.82. The van der Waals surface area contributed by atoms with Gasteiger partial charge in [-0.3, -0.25) is 28.4 Å². The number of imide groups is 1. The first-order valence-electron chi connectivity index (χ1n) is 10.9. The van der Waals surface area contributed by atoms with Crippen LogP contribution < -0.4 is 16.0 Å². The Labute approximate surface area is 199 Å². The lowest BCUT2D eigenvalue weighted by molar-refractivity contribution is 0.0458. The molecule has 0 radical (unpaired) electrons. The van der Waals surface area contributed by atoms with Gasteiger partial charge in [-0.05, 0) is 36.8 Å². The van der Waals surface area contributed by atoms with E-state index < -0.39 is 29.0 Å². The summed E-state index contributed by atoms with van der Waals surface area (Å²) in [6.07, 6.45) is 0. The van der Waals surface area contributed by atoms with E-state index >= 15 is 0 Å². The molecule has 4 rings (SSSR count). The topological polar surface area (TPSA) is 117 Å². The monoisotopic (exact) mass is 477 g/mol. The maximum atomic E-state index is 12.9. The van der Waals surface area contributed by atoms with Crippen LogP contribution in [0.4, 0.5) is 0 Å². The van der Waals surface area contributed by atoms with E-state index in [2.05, 4.69) is 0 Å². The van der Waals surface area contributed by atoms with Crippen LogP contribution in [-0.4, -0.2) is 38.4 Å². The molecule has 1 aliphatic heterocycles. The van der Waals surface area contributed by atoms with Gasteiger partial charge in [-0.25, -0.2) is 9.59 Å². The van der Waals surface area contributed by atoms with E-state index in [0.29, 0.717) is 23.3 Å². The molecule has 10 nitrogen and oxygen atoms in total. The molecular weight excluding hydrogens is 454 g/mol. The van der Waals surface area contributed by atoms with E-state index in [1.165, 1.54) is 30.8 Å². The normalized spacial score (nSPS) is 12.6. The summed E-state index contributed by atoms with van der Waals surface area (Å²) < 4.78 is 13.1. The molecule has 1 aromatic heterocycles. The standard InChI is InChI=1S/C25H23N3O7/c1-4-34-20-10-9-15(13-28-22(30)17-7-5-6-8-18(17)23(28)31)11-19(20)24(32)35-14-16-12-21(29)27(3)25(33)26(16)2/h5-12H,4,13-14H2,1-3H3. The van der Waals surface area contributed by atoms with Crippen molar-refractivity contribution in [1.82, 2.24) is 14.0 Å². The van der Waals surface area contributed by atoms with Gasteiger partial charge in [0.2, 0.25) is 0 Å². The largest absolute Gasteiger partial charge is 0.493 e. The highest BCUT2D eigenvalue weighted by atomic mass is 16.5. The van der Waals surface area contributed by atoms with Crippen LogP contribution in [0.2, 0.25) is 0 Å². The zero-order valence-electron chi connectivity index (χ0n) is 19.4. The fraction of sp³-hybridized carbons (Fsp3) is 0.240. The number of aromatic nitrogens is 2. The number of fused-ring (bicyclic) bond motifs is 1. The van der Waals surface area contributed by atoms with Crippen molar-refractivity contribution in [3.05, 3.63) is 97.3 Å². The Bertz CT molecular complexity index is 1430. The summed E-state index contributed by atoms with van der Waals surface area (Å²) in [6.45, 7) is 1.70. The van der Waals surface area contributed by atoms with Gasteiger partial charge in [0.25, 0.3) is 17.4 Å². The van der Waals surface area contributed by atoms with E-state index in [0.717, 1.165) is 9.47 Å². The smallest absolute Gasteiger partial charge is 0.342 e. The van der Waals surface area contributed by atoms with Gasteiger partial charge in [-0.1, -0.05) is 18.2 Å². The molecule has 1 aliphatic rings. The molecule has 2 heterocycles. The zero-order valence-corrected chi connectivity index (χ0v) is 19.4. The Morgan fingerprint density at radius 3 is 2.17 bits per heavy atom. The highest BCUT2D eigenvalue weighted by Gasteiger charge is 2.35. The number of esters is 1. The molecule has 0 N–H and O–H groups in total. The number of benzene rings is 2. The molecule has 2 amide bonds. The highest BCUT2D eigenvalue weighted by Crippen LogP contribution is 2.27. The van der Waals surface area contributed by atoms with Crippen LogP contribution in [-0.2, 0) is 32.0 Å². The minimum Gasteiger partial charge on any atom is -0.493 e. The fourth-order valence-electron chi connectivity index (χ4n) is 3.82. The predicted octanol–water partition coefficient (Wildman–Crippen LogP) is 1.64. The zero-order chi connectivity index (χ0) is 25.3. The third-order valence-corrected chi connectivity index (χ3v) is 5.76. The van der Waals surface area contributed by atoms with Crippen molar-refractivity contribution in [2.75, 3.05) is 6.61 Å². The molecule has 0 spiro atoms. The lowest BCUT2D eigenvalue weighted by Crippen LogP contribution is -2.38. The second-order valence-electron chi connectivity index (χ2n) is 7.96. The maximum Gasteiger partial charge on any atom is 0.342 e. The average Bonchev–Trinajstić information content (AvgIpc) is 3.10. The van der Waals surface area contributed by atoms with E-state index in [9.17, 15) is 24.0 Å². The van der Waals surface area contributed by atoms with E-state index in [1.807, 2.05) is 0 Å². The molecule has 10 heteroatoms. The number of nitrogens with zero attached hydrogens (tertiary/aromatic N) is 3. The molecule has 180 valence electrons. The van der Waals surface area contributed by atoms with E-state index in [1.54, 1.807) is 43.3 Å². The van der Waals surface area contributed by atoms with Crippen LogP contribution in [0.3, 0.4) is 0 Å². The first kappa shape index (κ1) is 23.7. The highest BCUT2D eigenvalue weighted by molar-refractivity contribution is 6.21. The Kier molecular flexibility index (Phi) is 6.37. The van der Waals surface area contributed by atoms with Crippen molar-refractivity contribution in [1.29, 1.82) is 0 Å². The van der Waals surface area contributed by atoms with Crippen molar-refractivity contribution < 1.29 is 23.9 Å². The molecule has 2 aromatic carbocycles. The molecule has 3 aromatic rings. The summed E-state index contributed by atoms with van der Waals surface area (Å²) >= 11 is 0. The van der Waals surface area contributed by atoms with E-state index in [-0.39, 0.29) is 30.2 Å². The summed E-state index contributed by atoms with van der Waals surface area (Å²) in [4.78, 5) is 63.5. The molecule has 0 aliphatic carbocycles.